The number of thioether (sulfide) groups is 1. The topological polar surface area (TPSA) is 87.1 Å². The lowest BCUT2D eigenvalue weighted by molar-refractivity contribution is -0.154. The van der Waals surface area contributed by atoms with Gasteiger partial charge in [-0.3, -0.25) is 14.4 Å². The number of benzene rings is 1. The summed E-state index contributed by atoms with van der Waals surface area (Å²) in [6.07, 6.45) is 6.73. The molecule has 40 heavy (non-hydrogen) atoms. The van der Waals surface area contributed by atoms with Crippen molar-refractivity contribution in [2.45, 2.75) is 75.0 Å². The molecule has 3 aliphatic heterocycles. The number of amides is 2. The van der Waals surface area contributed by atoms with Crippen molar-refractivity contribution in [3.8, 4) is 0 Å². The summed E-state index contributed by atoms with van der Waals surface area (Å²) in [6.45, 7) is 13.7. The predicted octanol–water partition coefficient (Wildman–Crippen LogP) is 5.18. The number of likely N-dealkylation sites (tertiary alicyclic amines) is 1. The summed E-state index contributed by atoms with van der Waals surface area (Å²) in [4.78, 5) is 45.8. The molecule has 1 aromatic carbocycles. The van der Waals surface area contributed by atoms with Crippen molar-refractivity contribution < 1.29 is 24.2 Å². The maximum absolute atomic E-state index is 14.8. The molecular formula is C31H41ClN2O5S. The third-order valence-corrected chi connectivity index (χ3v) is 10.7. The molecule has 1 spiro atoms. The minimum Gasteiger partial charge on any atom is -0.465 e. The van der Waals surface area contributed by atoms with Crippen molar-refractivity contribution in [1.29, 1.82) is 0 Å². The first kappa shape index (κ1) is 30.7. The number of halogens is 1. The Balaban J connectivity index is 1.79. The molecule has 3 fully saturated rings. The lowest BCUT2D eigenvalue weighted by Gasteiger charge is -2.40. The van der Waals surface area contributed by atoms with Crippen LogP contribution in [0, 0.1) is 24.7 Å². The molecule has 6 atom stereocenters. The number of para-hydroxylation sites is 1. The number of aliphatic hydroxyl groups excluding tert-OH is 1. The second-order valence-corrected chi connectivity index (χ2v) is 13.5. The van der Waals surface area contributed by atoms with Crippen LogP contribution in [0.4, 0.5) is 5.69 Å². The summed E-state index contributed by atoms with van der Waals surface area (Å²) < 4.78 is 4.87. The number of carbonyl (C=O) groups is 3. The highest BCUT2D eigenvalue weighted by molar-refractivity contribution is 8.02. The summed E-state index contributed by atoms with van der Waals surface area (Å²) in [7, 11) is 0. The average molecular weight is 589 g/mol. The summed E-state index contributed by atoms with van der Waals surface area (Å²) in [5.74, 6) is -2.00. The van der Waals surface area contributed by atoms with Crippen molar-refractivity contribution >= 4 is 46.8 Å². The SMILES string of the molecule is C=CCCCOC(=O)[C@@H]1[C@H]2C(=O)N([C@@H](CO)CC(C)C)C(C(=O)N(CC=C)c3c(C)cccc3Cl)C23CC[C@H]1S3. The highest BCUT2D eigenvalue weighted by Gasteiger charge is 2.74. The number of ether oxygens (including phenoxy) is 1. The molecule has 2 unspecified atom stereocenters. The van der Waals surface area contributed by atoms with Gasteiger partial charge in [0.1, 0.15) is 6.04 Å². The van der Waals surface area contributed by atoms with Gasteiger partial charge in [-0.1, -0.05) is 49.7 Å². The molecule has 3 aliphatic rings. The maximum Gasteiger partial charge on any atom is 0.310 e. The van der Waals surface area contributed by atoms with Crippen LogP contribution in [0.1, 0.15) is 51.5 Å². The van der Waals surface area contributed by atoms with E-state index in [2.05, 4.69) is 13.2 Å². The molecule has 2 bridgehead atoms. The Kier molecular flexibility index (Phi) is 9.74. The predicted molar refractivity (Wildman–Crippen MR) is 160 cm³/mol. The van der Waals surface area contributed by atoms with Crippen molar-refractivity contribution in [1.82, 2.24) is 4.90 Å². The molecule has 3 saturated heterocycles. The number of anilines is 1. The van der Waals surface area contributed by atoms with Gasteiger partial charge in [0.2, 0.25) is 5.91 Å². The smallest absolute Gasteiger partial charge is 0.310 e. The molecule has 218 valence electrons. The summed E-state index contributed by atoms with van der Waals surface area (Å²) in [5.41, 5.74) is 1.42. The Morgan fingerprint density at radius 2 is 2.08 bits per heavy atom. The second kappa shape index (κ2) is 12.7. The Bertz CT molecular complexity index is 1140. The minimum absolute atomic E-state index is 0.0918. The molecule has 4 rings (SSSR count). The Hall–Kier alpha value is -2.29. The van der Waals surface area contributed by atoms with E-state index in [9.17, 15) is 19.5 Å². The van der Waals surface area contributed by atoms with Crippen molar-refractivity contribution in [2.75, 3.05) is 24.7 Å². The van der Waals surface area contributed by atoms with E-state index >= 15 is 0 Å². The Morgan fingerprint density at radius 1 is 1.32 bits per heavy atom. The zero-order chi connectivity index (χ0) is 29.2. The first-order valence-corrected chi connectivity index (χ1v) is 15.4. The summed E-state index contributed by atoms with van der Waals surface area (Å²) in [5, 5.41) is 10.9. The van der Waals surface area contributed by atoms with Crippen LogP contribution in [0.3, 0.4) is 0 Å². The number of nitrogens with zero attached hydrogens (tertiary/aromatic N) is 2. The standard InChI is InChI=1S/C31H41ClN2O5S/c1-6-8-9-16-39-30(38)24-23-13-14-31(40-23)25(24)28(36)34(21(18-35)17-19(3)4)27(31)29(37)33(15-7-2)26-20(5)11-10-12-22(26)32/h6-7,10-12,19,21,23-25,27,35H,1-2,8-9,13-18H2,3-5H3/t21-,23-,24+,25+,27?,31?/m1/s1. The van der Waals surface area contributed by atoms with Crippen LogP contribution in [0.2, 0.25) is 5.02 Å². The highest BCUT2D eigenvalue weighted by atomic mass is 35.5. The fourth-order valence-corrected chi connectivity index (χ4v) is 9.39. The first-order chi connectivity index (χ1) is 19.1. The van der Waals surface area contributed by atoms with Crippen LogP contribution < -0.4 is 4.90 Å². The molecule has 3 heterocycles. The van der Waals surface area contributed by atoms with Crippen molar-refractivity contribution in [3.63, 3.8) is 0 Å². The van der Waals surface area contributed by atoms with Crippen LogP contribution in [-0.2, 0) is 19.1 Å². The van der Waals surface area contributed by atoms with E-state index in [1.165, 1.54) is 0 Å². The second-order valence-electron chi connectivity index (χ2n) is 11.5. The minimum atomic E-state index is -0.856. The largest absolute Gasteiger partial charge is 0.465 e. The van der Waals surface area contributed by atoms with Crippen molar-refractivity contribution in [3.05, 3.63) is 54.1 Å². The van der Waals surface area contributed by atoms with E-state index in [4.69, 9.17) is 16.3 Å². The van der Waals surface area contributed by atoms with E-state index in [0.29, 0.717) is 30.0 Å². The zero-order valence-electron chi connectivity index (χ0n) is 23.7. The van der Waals surface area contributed by atoms with Gasteiger partial charge < -0.3 is 19.6 Å². The summed E-state index contributed by atoms with van der Waals surface area (Å²) >= 11 is 8.23. The normalized spacial score (nSPS) is 27.6. The van der Waals surface area contributed by atoms with Crippen LogP contribution in [-0.4, -0.2) is 69.6 Å². The number of hydrogen-bond acceptors (Lipinski definition) is 6. The molecule has 0 radical (unpaired) electrons. The number of fused-ring (bicyclic) bond motifs is 1. The van der Waals surface area contributed by atoms with Gasteiger partial charge in [0.25, 0.3) is 5.91 Å². The number of carbonyl (C=O) groups excluding carboxylic acids is 3. The van der Waals surface area contributed by atoms with E-state index in [-0.39, 0.29) is 48.7 Å². The first-order valence-electron chi connectivity index (χ1n) is 14.2. The molecule has 2 amide bonds. The van der Waals surface area contributed by atoms with E-state index in [0.717, 1.165) is 18.4 Å². The van der Waals surface area contributed by atoms with Gasteiger partial charge in [0.15, 0.2) is 0 Å². The quantitative estimate of drug-likeness (QED) is 0.194. The Labute approximate surface area is 246 Å². The lowest BCUT2D eigenvalue weighted by atomic mass is 9.71. The third kappa shape index (κ3) is 5.35. The van der Waals surface area contributed by atoms with E-state index < -0.39 is 28.7 Å². The molecule has 0 aromatic heterocycles. The molecule has 1 aromatic rings. The van der Waals surface area contributed by atoms with Crippen LogP contribution >= 0.6 is 23.4 Å². The van der Waals surface area contributed by atoms with Gasteiger partial charge in [0.05, 0.1) is 46.5 Å². The Morgan fingerprint density at radius 3 is 2.70 bits per heavy atom. The fourth-order valence-electron chi connectivity index (χ4n) is 6.88. The monoisotopic (exact) mass is 588 g/mol. The van der Waals surface area contributed by atoms with Gasteiger partial charge in [-0.2, -0.15) is 0 Å². The molecule has 7 nitrogen and oxygen atoms in total. The highest BCUT2D eigenvalue weighted by Crippen LogP contribution is 2.67. The zero-order valence-corrected chi connectivity index (χ0v) is 25.3. The van der Waals surface area contributed by atoms with Gasteiger partial charge in [-0.15, -0.1) is 24.9 Å². The van der Waals surface area contributed by atoms with Gasteiger partial charge >= 0.3 is 5.97 Å². The fraction of sp³-hybridized carbons (Fsp3) is 0.581. The van der Waals surface area contributed by atoms with Gasteiger partial charge in [0, 0.05) is 11.8 Å². The van der Waals surface area contributed by atoms with Crippen LogP contribution in [0.5, 0.6) is 0 Å². The number of aryl methyl sites for hydroxylation is 1. The molecular weight excluding hydrogens is 548 g/mol. The van der Waals surface area contributed by atoms with Gasteiger partial charge in [-0.25, -0.2) is 0 Å². The molecule has 1 N–H and O–H groups in total. The van der Waals surface area contributed by atoms with Gasteiger partial charge in [-0.05, 0) is 56.6 Å². The van der Waals surface area contributed by atoms with Crippen LogP contribution in [0.25, 0.3) is 0 Å². The van der Waals surface area contributed by atoms with E-state index in [1.807, 2.05) is 32.9 Å². The summed E-state index contributed by atoms with van der Waals surface area (Å²) in [6, 6.07) is 4.07. The number of allylic oxidation sites excluding steroid dienone is 1. The number of rotatable bonds is 13. The number of unbranched alkanes of at least 4 members (excludes halogenated alkanes) is 1. The molecule has 0 saturated carbocycles. The molecule has 0 aliphatic carbocycles. The van der Waals surface area contributed by atoms with Crippen molar-refractivity contribution in [2.24, 2.45) is 17.8 Å². The third-order valence-electron chi connectivity index (χ3n) is 8.42. The maximum atomic E-state index is 14.8. The average Bonchev–Trinajstić information content (AvgIpc) is 3.56. The molecule has 9 heteroatoms. The number of aliphatic hydroxyl groups is 1. The van der Waals surface area contributed by atoms with E-state index in [1.54, 1.807) is 39.8 Å². The number of hydrogen-bond donors (Lipinski definition) is 1. The van der Waals surface area contributed by atoms with Crippen LogP contribution in [0.15, 0.2) is 43.5 Å². The number of esters is 1. The lowest BCUT2D eigenvalue weighted by Crippen LogP contribution is -2.58.